The van der Waals surface area contributed by atoms with Gasteiger partial charge in [0.2, 0.25) is 0 Å². The van der Waals surface area contributed by atoms with Crippen LogP contribution in [0.4, 0.5) is 5.82 Å². The number of aryl methyl sites for hydroxylation is 1. The molecule has 4 heteroatoms. The van der Waals surface area contributed by atoms with Crippen LogP contribution in [0.5, 0.6) is 0 Å². The van der Waals surface area contributed by atoms with Crippen LogP contribution in [-0.4, -0.2) is 49.7 Å². The standard InChI is InChI=1S/C14H24N4/c1-4-17-5-7-18(8-6-17)14-12(2)9-13(10-15-3)11-16-14/h9,11,15H,4-8,10H2,1-3H3. The van der Waals surface area contributed by atoms with Crippen molar-refractivity contribution >= 4 is 5.82 Å². The van der Waals surface area contributed by atoms with E-state index in [2.05, 4.69) is 40.0 Å². The van der Waals surface area contributed by atoms with E-state index in [0.29, 0.717) is 0 Å². The number of hydrogen-bond donors (Lipinski definition) is 1. The van der Waals surface area contributed by atoms with E-state index in [1.165, 1.54) is 11.1 Å². The first-order valence-corrected chi connectivity index (χ1v) is 6.82. The Morgan fingerprint density at radius 2 is 2.00 bits per heavy atom. The number of piperazine rings is 1. The van der Waals surface area contributed by atoms with Gasteiger partial charge >= 0.3 is 0 Å². The van der Waals surface area contributed by atoms with Gasteiger partial charge in [-0.2, -0.15) is 0 Å². The predicted octanol–water partition coefficient (Wildman–Crippen LogP) is 1.25. The Kier molecular flexibility index (Phi) is 4.55. The van der Waals surface area contributed by atoms with Crippen LogP contribution in [0.15, 0.2) is 12.3 Å². The second kappa shape index (κ2) is 6.16. The van der Waals surface area contributed by atoms with Gasteiger partial charge in [-0.15, -0.1) is 0 Å². The molecule has 4 nitrogen and oxygen atoms in total. The van der Waals surface area contributed by atoms with Gasteiger partial charge in [0.25, 0.3) is 0 Å². The molecule has 18 heavy (non-hydrogen) atoms. The highest BCUT2D eigenvalue weighted by Crippen LogP contribution is 2.19. The Balaban J connectivity index is 2.05. The van der Waals surface area contributed by atoms with E-state index in [9.17, 15) is 0 Å². The zero-order chi connectivity index (χ0) is 13.0. The lowest BCUT2D eigenvalue weighted by Crippen LogP contribution is -2.46. The Bertz CT molecular complexity index is 383. The fourth-order valence-corrected chi connectivity index (χ4v) is 2.53. The minimum absolute atomic E-state index is 0.887. The Hall–Kier alpha value is -1.13. The van der Waals surface area contributed by atoms with Crippen molar-refractivity contribution < 1.29 is 0 Å². The van der Waals surface area contributed by atoms with Crippen LogP contribution in [0.1, 0.15) is 18.1 Å². The maximum atomic E-state index is 4.64. The molecule has 0 saturated carbocycles. The van der Waals surface area contributed by atoms with Crippen molar-refractivity contribution in [2.75, 3.05) is 44.7 Å². The number of aromatic nitrogens is 1. The van der Waals surface area contributed by atoms with Gasteiger partial charge in [0.1, 0.15) is 5.82 Å². The summed E-state index contributed by atoms with van der Waals surface area (Å²) in [5.41, 5.74) is 2.54. The Morgan fingerprint density at radius 3 is 2.56 bits per heavy atom. The molecule has 0 atom stereocenters. The minimum atomic E-state index is 0.887. The average Bonchev–Trinajstić information content (AvgIpc) is 2.40. The van der Waals surface area contributed by atoms with E-state index in [-0.39, 0.29) is 0 Å². The summed E-state index contributed by atoms with van der Waals surface area (Å²) in [5.74, 6) is 1.16. The van der Waals surface area contributed by atoms with Crippen LogP contribution in [0, 0.1) is 6.92 Å². The van der Waals surface area contributed by atoms with Crippen molar-refractivity contribution in [1.29, 1.82) is 0 Å². The van der Waals surface area contributed by atoms with Crippen LogP contribution in [0.25, 0.3) is 0 Å². The van der Waals surface area contributed by atoms with E-state index < -0.39 is 0 Å². The van der Waals surface area contributed by atoms with E-state index >= 15 is 0 Å². The van der Waals surface area contributed by atoms with Crippen molar-refractivity contribution in [2.45, 2.75) is 20.4 Å². The van der Waals surface area contributed by atoms with Crippen LogP contribution in [-0.2, 0) is 6.54 Å². The summed E-state index contributed by atoms with van der Waals surface area (Å²) in [4.78, 5) is 9.53. The van der Waals surface area contributed by atoms with E-state index in [0.717, 1.165) is 45.1 Å². The fraction of sp³-hybridized carbons (Fsp3) is 0.643. The van der Waals surface area contributed by atoms with Crippen molar-refractivity contribution in [3.63, 3.8) is 0 Å². The highest BCUT2D eigenvalue weighted by Gasteiger charge is 2.18. The van der Waals surface area contributed by atoms with E-state index in [4.69, 9.17) is 0 Å². The SMILES string of the molecule is CCN1CCN(c2ncc(CNC)cc2C)CC1. The zero-order valence-corrected chi connectivity index (χ0v) is 11.7. The number of rotatable bonds is 4. The molecular formula is C14H24N4. The summed E-state index contributed by atoms with van der Waals surface area (Å²) in [6.07, 6.45) is 1.99. The molecular weight excluding hydrogens is 224 g/mol. The summed E-state index contributed by atoms with van der Waals surface area (Å²) >= 11 is 0. The van der Waals surface area contributed by atoms with Gasteiger partial charge < -0.3 is 15.1 Å². The molecule has 0 aliphatic carbocycles. The Morgan fingerprint density at radius 1 is 1.28 bits per heavy atom. The summed E-state index contributed by atoms with van der Waals surface area (Å²) in [6, 6.07) is 2.24. The maximum absolute atomic E-state index is 4.64. The maximum Gasteiger partial charge on any atom is 0.131 e. The van der Waals surface area contributed by atoms with Crippen LogP contribution < -0.4 is 10.2 Å². The minimum Gasteiger partial charge on any atom is -0.354 e. The lowest BCUT2D eigenvalue weighted by Gasteiger charge is -2.35. The number of nitrogens with zero attached hydrogens (tertiary/aromatic N) is 3. The molecule has 2 rings (SSSR count). The zero-order valence-electron chi connectivity index (χ0n) is 11.7. The van der Waals surface area contributed by atoms with Gasteiger partial charge in [0.05, 0.1) is 0 Å². The average molecular weight is 248 g/mol. The van der Waals surface area contributed by atoms with Crippen molar-refractivity contribution in [3.8, 4) is 0 Å². The Labute approximate surface area is 110 Å². The number of hydrogen-bond acceptors (Lipinski definition) is 4. The van der Waals surface area contributed by atoms with Crippen LogP contribution >= 0.6 is 0 Å². The lowest BCUT2D eigenvalue weighted by atomic mass is 10.2. The fourth-order valence-electron chi connectivity index (χ4n) is 2.53. The number of likely N-dealkylation sites (N-methyl/N-ethyl adjacent to an activating group) is 1. The van der Waals surface area contributed by atoms with Gasteiger partial charge in [-0.1, -0.05) is 6.92 Å². The third-order valence-corrected chi connectivity index (χ3v) is 3.61. The largest absolute Gasteiger partial charge is 0.354 e. The topological polar surface area (TPSA) is 31.4 Å². The molecule has 100 valence electrons. The first-order chi connectivity index (χ1) is 8.74. The third-order valence-electron chi connectivity index (χ3n) is 3.61. The summed E-state index contributed by atoms with van der Waals surface area (Å²) in [7, 11) is 1.97. The number of anilines is 1. The van der Waals surface area contributed by atoms with Crippen LogP contribution in [0.2, 0.25) is 0 Å². The molecule has 0 radical (unpaired) electrons. The molecule has 1 saturated heterocycles. The second-order valence-corrected chi connectivity index (χ2v) is 4.94. The van der Waals surface area contributed by atoms with Gasteiger partial charge in [-0.25, -0.2) is 4.98 Å². The smallest absolute Gasteiger partial charge is 0.131 e. The quantitative estimate of drug-likeness (QED) is 0.869. The second-order valence-electron chi connectivity index (χ2n) is 4.94. The summed E-state index contributed by atoms with van der Waals surface area (Å²) < 4.78 is 0. The first-order valence-electron chi connectivity index (χ1n) is 6.82. The molecule has 0 spiro atoms. The molecule has 1 N–H and O–H groups in total. The number of nitrogens with one attached hydrogen (secondary N) is 1. The van der Waals surface area contributed by atoms with Crippen molar-refractivity contribution in [3.05, 3.63) is 23.4 Å². The molecule has 0 aromatic carbocycles. The van der Waals surface area contributed by atoms with Gasteiger partial charge in [-0.05, 0) is 37.7 Å². The molecule has 1 aliphatic heterocycles. The summed E-state index contributed by atoms with van der Waals surface area (Å²) in [5, 5.41) is 3.16. The molecule has 1 aromatic heterocycles. The molecule has 0 unspecified atom stereocenters. The third kappa shape index (κ3) is 3.00. The van der Waals surface area contributed by atoms with Crippen LogP contribution in [0.3, 0.4) is 0 Å². The summed E-state index contributed by atoms with van der Waals surface area (Å²) in [6.45, 7) is 10.9. The monoisotopic (exact) mass is 248 g/mol. The van der Waals surface area contributed by atoms with Gasteiger partial charge in [-0.3, -0.25) is 0 Å². The van der Waals surface area contributed by atoms with Gasteiger partial charge in [0.15, 0.2) is 0 Å². The predicted molar refractivity (Wildman–Crippen MR) is 76.1 cm³/mol. The van der Waals surface area contributed by atoms with E-state index in [1.54, 1.807) is 0 Å². The van der Waals surface area contributed by atoms with Gasteiger partial charge in [0, 0.05) is 38.9 Å². The molecule has 1 aromatic rings. The first kappa shape index (κ1) is 13.3. The van der Waals surface area contributed by atoms with E-state index in [1.807, 2.05) is 13.2 Å². The van der Waals surface area contributed by atoms with Crippen molar-refractivity contribution in [1.82, 2.24) is 15.2 Å². The molecule has 0 amide bonds. The number of pyridine rings is 1. The highest BCUT2D eigenvalue weighted by molar-refractivity contribution is 5.47. The molecule has 1 aliphatic rings. The molecule has 1 fully saturated rings. The molecule has 2 heterocycles. The normalized spacial score (nSPS) is 17.2. The lowest BCUT2D eigenvalue weighted by molar-refractivity contribution is 0.270. The highest BCUT2D eigenvalue weighted by atomic mass is 15.3. The van der Waals surface area contributed by atoms with Crippen molar-refractivity contribution in [2.24, 2.45) is 0 Å². The molecule has 0 bridgehead atoms.